The van der Waals surface area contributed by atoms with E-state index < -0.39 is 0 Å². The maximum Gasteiger partial charge on any atom is 0.191 e. The van der Waals surface area contributed by atoms with Gasteiger partial charge in [0, 0.05) is 11.4 Å². The molecule has 0 amide bonds. The summed E-state index contributed by atoms with van der Waals surface area (Å²) in [6.07, 6.45) is 0. The van der Waals surface area contributed by atoms with Crippen LogP contribution >= 0.6 is 0 Å². The monoisotopic (exact) mass is 240 g/mol. The first kappa shape index (κ1) is 10.6. The van der Waals surface area contributed by atoms with Gasteiger partial charge in [-0.15, -0.1) is 15.3 Å². The molecule has 0 saturated heterocycles. The van der Waals surface area contributed by atoms with E-state index >= 15 is 0 Å². The van der Waals surface area contributed by atoms with E-state index in [1.807, 2.05) is 42.7 Å². The minimum atomic E-state index is 0.713. The number of anilines is 1. The van der Waals surface area contributed by atoms with Crippen molar-refractivity contribution in [3.05, 3.63) is 35.8 Å². The molecular formula is C12H12N6. The number of nitrogens with two attached hydrogens (primary N) is 1. The zero-order valence-corrected chi connectivity index (χ0v) is 10.1. The number of benzene rings is 1. The van der Waals surface area contributed by atoms with E-state index in [0.717, 1.165) is 28.6 Å². The van der Waals surface area contributed by atoms with Gasteiger partial charge in [-0.2, -0.15) is 5.10 Å². The Balaban J connectivity index is 2.27. The van der Waals surface area contributed by atoms with Gasteiger partial charge in [-0.05, 0) is 38.1 Å². The maximum atomic E-state index is 5.69. The fraction of sp³-hybridized carbons (Fsp3) is 0.167. The molecule has 0 aliphatic carbocycles. The van der Waals surface area contributed by atoms with Gasteiger partial charge in [0.25, 0.3) is 0 Å². The standard InChI is InChI=1S/C12H12N6/c1-7-11-12(17-14-7)18(8(2)15-16-11)10-5-3-9(13)4-6-10/h3-6H,13H2,1-2H3. The fourth-order valence-electron chi connectivity index (χ4n) is 1.90. The second-order valence-electron chi connectivity index (χ2n) is 4.13. The minimum Gasteiger partial charge on any atom is -0.399 e. The van der Waals surface area contributed by atoms with E-state index in [2.05, 4.69) is 20.4 Å². The molecule has 2 heterocycles. The van der Waals surface area contributed by atoms with Gasteiger partial charge in [0.2, 0.25) is 0 Å². The van der Waals surface area contributed by atoms with Crippen molar-refractivity contribution < 1.29 is 0 Å². The Hall–Kier alpha value is -2.50. The molecule has 1 aromatic rings. The maximum absolute atomic E-state index is 5.69. The van der Waals surface area contributed by atoms with Crippen molar-refractivity contribution in [2.24, 2.45) is 0 Å². The molecule has 0 bridgehead atoms. The molecule has 2 aliphatic heterocycles. The third kappa shape index (κ3) is 1.50. The van der Waals surface area contributed by atoms with Crippen molar-refractivity contribution in [2.75, 3.05) is 5.73 Å². The molecule has 0 aromatic heterocycles. The SMILES string of the molecule is Cc1nnc2n(-c3ccc(N)cc3)c(C)nnc1-2. The van der Waals surface area contributed by atoms with E-state index in [1.54, 1.807) is 0 Å². The quantitative estimate of drug-likeness (QED) is 0.649. The van der Waals surface area contributed by atoms with Gasteiger partial charge < -0.3 is 5.73 Å². The molecule has 3 rings (SSSR count). The predicted molar refractivity (Wildman–Crippen MR) is 67.5 cm³/mol. The highest BCUT2D eigenvalue weighted by Crippen LogP contribution is 2.24. The molecule has 6 nitrogen and oxygen atoms in total. The van der Waals surface area contributed by atoms with Crippen LogP contribution in [0.25, 0.3) is 17.2 Å². The van der Waals surface area contributed by atoms with Gasteiger partial charge in [0.15, 0.2) is 11.5 Å². The van der Waals surface area contributed by atoms with Crippen molar-refractivity contribution in [1.82, 2.24) is 25.0 Å². The van der Waals surface area contributed by atoms with E-state index in [0.29, 0.717) is 5.82 Å². The van der Waals surface area contributed by atoms with Crippen molar-refractivity contribution in [3.63, 3.8) is 0 Å². The highest BCUT2D eigenvalue weighted by atomic mass is 15.3. The summed E-state index contributed by atoms with van der Waals surface area (Å²) in [5.41, 5.74) is 8.86. The lowest BCUT2D eigenvalue weighted by molar-refractivity contribution is 0.816. The average Bonchev–Trinajstić information content (AvgIpc) is 2.73. The molecule has 2 aliphatic rings. The highest BCUT2D eigenvalue weighted by Gasteiger charge is 2.19. The van der Waals surface area contributed by atoms with Crippen LogP contribution < -0.4 is 5.73 Å². The van der Waals surface area contributed by atoms with Gasteiger partial charge in [-0.3, -0.25) is 4.57 Å². The van der Waals surface area contributed by atoms with Crippen LogP contribution in [0.15, 0.2) is 24.3 Å². The molecule has 0 radical (unpaired) electrons. The Bertz CT molecular complexity index is 670. The molecule has 90 valence electrons. The predicted octanol–water partition coefficient (Wildman–Crippen LogP) is 1.36. The molecule has 2 N–H and O–H groups in total. The second-order valence-corrected chi connectivity index (χ2v) is 4.13. The van der Waals surface area contributed by atoms with Gasteiger partial charge in [-0.25, -0.2) is 0 Å². The molecule has 0 atom stereocenters. The molecule has 18 heavy (non-hydrogen) atoms. The number of aryl methyl sites for hydroxylation is 2. The van der Waals surface area contributed by atoms with Crippen molar-refractivity contribution in [3.8, 4) is 17.2 Å². The molecular weight excluding hydrogens is 228 g/mol. The van der Waals surface area contributed by atoms with E-state index in [-0.39, 0.29) is 0 Å². The first-order valence-electron chi connectivity index (χ1n) is 5.58. The number of aromatic nitrogens is 5. The van der Waals surface area contributed by atoms with Crippen LogP contribution in [0.3, 0.4) is 0 Å². The highest BCUT2D eigenvalue weighted by molar-refractivity contribution is 5.58. The number of rotatable bonds is 1. The minimum absolute atomic E-state index is 0.713. The lowest BCUT2D eigenvalue weighted by atomic mass is 10.2. The number of hydrogen-bond acceptors (Lipinski definition) is 5. The molecule has 0 fully saturated rings. The van der Waals surface area contributed by atoms with E-state index in [4.69, 9.17) is 5.73 Å². The lowest BCUT2D eigenvalue weighted by Crippen LogP contribution is -2.10. The van der Waals surface area contributed by atoms with Gasteiger partial charge in [0.1, 0.15) is 5.82 Å². The zero-order valence-electron chi connectivity index (χ0n) is 10.1. The largest absolute Gasteiger partial charge is 0.399 e. The third-order valence-electron chi connectivity index (χ3n) is 2.83. The lowest BCUT2D eigenvalue weighted by Gasteiger charge is -2.12. The topological polar surface area (TPSA) is 82.5 Å². The summed E-state index contributed by atoms with van der Waals surface area (Å²) in [7, 11) is 0. The molecule has 0 saturated carbocycles. The zero-order chi connectivity index (χ0) is 12.7. The van der Waals surface area contributed by atoms with Crippen LogP contribution in [0.2, 0.25) is 0 Å². The summed E-state index contributed by atoms with van der Waals surface area (Å²) in [4.78, 5) is 0. The first-order valence-corrected chi connectivity index (χ1v) is 5.58. The summed E-state index contributed by atoms with van der Waals surface area (Å²) in [6, 6.07) is 7.54. The van der Waals surface area contributed by atoms with E-state index in [9.17, 15) is 0 Å². The van der Waals surface area contributed by atoms with Gasteiger partial charge >= 0.3 is 0 Å². The fourth-order valence-corrected chi connectivity index (χ4v) is 1.90. The second kappa shape index (κ2) is 3.76. The van der Waals surface area contributed by atoms with Crippen LogP contribution in [0, 0.1) is 13.8 Å². The molecule has 6 heteroatoms. The smallest absolute Gasteiger partial charge is 0.191 e. The third-order valence-corrected chi connectivity index (χ3v) is 2.83. The molecule has 0 spiro atoms. The summed E-state index contributed by atoms with van der Waals surface area (Å²) in [5, 5.41) is 16.5. The summed E-state index contributed by atoms with van der Waals surface area (Å²) >= 11 is 0. The normalized spacial score (nSPS) is 11.0. The van der Waals surface area contributed by atoms with Crippen LogP contribution in [0.1, 0.15) is 11.5 Å². The average molecular weight is 240 g/mol. The van der Waals surface area contributed by atoms with Crippen molar-refractivity contribution in [1.29, 1.82) is 0 Å². The molecule has 1 aromatic carbocycles. The van der Waals surface area contributed by atoms with Crippen molar-refractivity contribution in [2.45, 2.75) is 13.8 Å². The Labute approximate surface area is 104 Å². The summed E-state index contributed by atoms with van der Waals surface area (Å²) < 4.78 is 1.92. The summed E-state index contributed by atoms with van der Waals surface area (Å²) in [6.45, 7) is 3.75. The summed E-state index contributed by atoms with van der Waals surface area (Å²) in [5.74, 6) is 1.47. The first-order chi connectivity index (χ1) is 8.66. The van der Waals surface area contributed by atoms with Crippen LogP contribution in [-0.2, 0) is 0 Å². The van der Waals surface area contributed by atoms with Crippen LogP contribution in [-0.4, -0.2) is 25.0 Å². The van der Waals surface area contributed by atoms with Gasteiger partial charge in [-0.1, -0.05) is 0 Å². The number of nitrogen functional groups attached to an aromatic ring is 1. The van der Waals surface area contributed by atoms with Gasteiger partial charge in [0.05, 0.1) is 5.69 Å². The Morgan fingerprint density at radius 3 is 2.39 bits per heavy atom. The molecule has 0 unspecified atom stereocenters. The Morgan fingerprint density at radius 2 is 1.67 bits per heavy atom. The van der Waals surface area contributed by atoms with E-state index in [1.165, 1.54) is 0 Å². The number of hydrogen-bond donors (Lipinski definition) is 1. The van der Waals surface area contributed by atoms with Crippen LogP contribution in [0.4, 0.5) is 5.69 Å². The number of nitrogens with zero attached hydrogens (tertiary/aromatic N) is 5. The van der Waals surface area contributed by atoms with Crippen molar-refractivity contribution >= 4 is 5.69 Å². The number of fused-ring (bicyclic) bond motifs is 1. The Morgan fingerprint density at radius 1 is 0.944 bits per heavy atom. The van der Waals surface area contributed by atoms with Crippen LogP contribution in [0.5, 0.6) is 0 Å². The Kier molecular flexibility index (Phi) is 2.22.